The highest BCUT2D eigenvalue weighted by Gasteiger charge is 2.39. The van der Waals surface area contributed by atoms with Gasteiger partial charge in [0.25, 0.3) is 5.91 Å². The highest BCUT2D eigenvalue weighted by Crippen LogP contribution is 2.36. The second-order valence-electron chi connectivity index (χ2n) is 5.48. The lowest BCUT2D eigenvalue weighted by atomic mass is 10.2. The molecule has 9 heteroatoms. The summed E-state index contributed by atoms with van der Waals surface area (Å²) in [4.78, 5) is 12.4. The number of nitrogens with zero attached hydrogens (tertiary/aromatic N) is 2. The Kier molecular flexibility index (Phi) is 5.09. The fraction of sp³-hybridized carbons (Fsp3) is 0.111. The Morgan fingerprint density at radius 1 is 1.19 bits per heavy atom. The number of benzene rings is 2. The standard InChI is InChI=1S/C18H13ClF3N3O2/c1-27-14-4-2-3-11(9-14)17(26)24-15-10-23-25(16(15)18(20,21)22)13-7-5-12(19)6-8-13/h2-10H,1H3,(H,24,26). The maximum absolute atomic E-state index is 13.6. The number of methoxy groups -OCH3 is 1. The van der Waals surface area contributed by atoms with Crippen LogP contribution in [0.5, 0.6) is 5.75 Å². The van der Waals surface area contributed by atoms with Crippen molar-refractivity contribution in [3.05, 3.63) is 71.0 Å². The maximum Gasteiger partial charge on any atom is 0.435 e. The number of aromatic nitrogens is 2. The molecule has 0 atom stereocenters. The van der Waals surface area contributed by atoms with Gasteiger partial charge in [-0.3, -0.25) is 4.79 Å². The number of nitrogens with one attached hydrogen (secondary N) is 1. The first kappa shape index (κ1) is 18.8. The molecule has 0 saturated heterocycles. The highest BCUT2D eigenvalue weighted by atomic mass is 35.5. The Hall–Kier alpha value is -3.00. The summed E-state index contributed by atoms with van der Waals surface area (Å²) in [7, 11) is 1.43. The monoisotopic (exact) mass is 395 g/mol. The zero-order chi connectivity index (χ0) is 19.6. The van der Waals surface area contributed by atoms with E-state index in [2.05, 4.69) is 10.4 Å². The molecule has 1 heterocycles. The molecule has 1 N–H and O–H groups in total. The van der Waals surface area contributed by atoms with E-state index in [1.165, 1.54) is 43.5 Å². The summed E-state index contributed by atoms with van der Waals surface area (Å²) in [6, 6.07) is 11.8. The Labute approximate surface area is 157 Å². The number of carbonyl (C=O) groups excluding carboxylic acids is 1. The largest absolute Gasteiger partial charge is 0.497 e. The van der Waals surface area contributed by atoms with Crippen LogP contribution >= 0.6 is 11.6 Å². The van der Waals surface area contributed by atoms with Gasteiger partial charge in [0.05, 0.1) is 24.7 Å². The summed E-state index contributed by atoms with van der Waals surface area (Å²) in [6.07, 6.45) is -3.79. The number of hydrogen-bond acceptors (Lipinski definition) is 3. The van der Waals surface area contributed by atoms with Crippen LogP contribution in [-0.2, 0) is 6.18 Å². The number of hydrogen-bond donors (Lipinski definition) is 1. The van der Waals surface area contributed by atoms with E-state index in [4.69, 9.17) is 16.3 Å². The number of alkyl halides is 3. The molecular formula is C18H13ClF3N3O2. The first-order valence-corrected chi connectivity index (χ1v) is 8.04. The minimum Gasteiger partial charge on any atom is -0.497 e. The Morgan fingerprint density at radius 2 is 1.89 bits per heavy atom. The Bertz CT molecular complexity index is 969. The molecule has 1 amide bonds. The summed E-state index contributed by atoms with van der Waals surface area (Å²) in [5, 5.41) is 6.42. The normalized spacial score (nSPS) is 11.3. The highest BCUT2D eigenvalue weighted by molar-refractivity contribution is 6.30. The van der Waals surface area contributed by atoms with Crippen molar-refractivity contribution in [3.63, 3.8) is 0 Å². The second kappa shape index (κ2) is 7.32. The van der Waals surface area contributed by atoms with Gasteiger partial charge in [-0.1, -0.05) is 17.7 Å². The van der Waals surface area contributed by atoms with Crippen LogP contribution in [0.4, 0.5) is 18.9 Å². The van der Waals surface area contributed by atoms with E-state index < -0.39 is 23.5 Å². The van der Waals surface area contributed by atoms with Crippen LogP contribution < -0.4 is 10.1 Å². The van der Waals surface area contributed by atoms with Gasteiger partial charge in [0.15, 0.2) is 5.69 Å². The SMILES string of the molecule is COc1cccc(C(=O)Nc2cnn(-c3ccc(Cl)cc3)c2C(F)(F)F)c1. The van der Waals surface area contributed by atoms with Gasteiger partial charge < -0.3 is 10.1 Å². The molecule has 0 unspecified atom stereocenters. The van der Waals surface area contributed by atoms with Crippen LogP contribution in [0, 0.1) is 0 Å². The Balaban J connectivity index is 1.98. The van der Waals surface area contributed by atoms with E-state index in [1.54, 1.807) is 12.1 Å². The van der Waals surface area contributed by atoms with Crippen molar-refractivity contribution < 1.29 is 22.7 Å². The van der Waals surface area contributed by atoms with Gasteiger partial charge in [-0.15, -0.1) is 0 Å². The molecule has 0 bridgehead atoms. The first-order valence-electron chi connectivity index (χ1n) is 7.66. The number of carbonyl (C=O) groups is 1. The fourth-order valence-corrected chi connectivity index (χ4v) is 2.58. The van der Waals surface area contributed by atoms with Crippen LogP contribution in [0.1, 0.15) is 16.1 Å². The molecule has 0 aliphatic carbocycles. The zero-order valence-electron chi connectivity index (χ0n) is 13.9. The van der Waals surface area contributed by atoms with E-state index in [0.29, 0.717) is 15.5 Å². The lowest BCUT2D eigenvalue weighted by Gasteiger charge is -2.13. The van der Waals surface area contributed by atoms with Gasteiger partial charge in [-0.2, -0.15) is 18.3 Å². The van der Waals surface area contributed by atoms with Crippen LogP contribution in [-0.4, -0.2) is 22.8 Å². The number of amides is 1. The molecule has 3 rings (SSSR count). The van der Waals surface area contributed by atoms with Gasteiger partial charge in [0.2, 0.25) is 0 Å². The summed E-state index contributed by atoms with van der Waals surface area (Å²) >= 11 is 5.78. The van der Waals surface area contributed by atoms with E-state index in [-0.39, 0.29) is 11.3 Å². The molecular weight excluding hydrogens is 383 g/mol. The number of rotatable bonds is 4. The van der Waals surface area contributed by atoms with Gasteiger partial charge in [0.1, 0.15) is 5.75 Å². The van der Waals surface area contributed by atoms with Crippen molar-refractivity contribution in [2.45, 2.75) is 6.18 Å². The van der Waals surface area contributed by atoms with Crippen LogP contribution in [0.25, 0.3) is 5.69 Å². The van der Waals surface area contributed by atoms with Crippen molar-refractivity contribution in [1.29, 1.82) is 0 Å². The van der Waals surface area contributed by atoms with Gasteiger partial charge in [0, 0.05) is 10.6 Å². The number of halogens is 4. The van der Waals surface area contributed by atoms with Gasteiger partial charge >= 0.3 is 6.18 Å². The van der Waals surface area contributed by atoms with Crippen LogP contribution in [0.2, 0.25) is 5.02 Å². The Morgan fingerprint density at radius 3 is 2.52 bits per heavy atom. The quantitative estimate of drug-likeness (QED) is 0.690. The molecule has 5 nitrogen and oxygen atoms in total. The average molecular weight is 396 g/mol. The smallest absolute Gasteiger partial charge is 0.435 e. The molecule has 2 aromatic carbocycles. The third-order valence-corrected chi connectivity index (χ3v) is 3.94. The van der Waals surface area contributed by atoms with Crippen LogP contribution in [0.3, 0.4) is 0 Å². The molecule has 0 aliphatic rings. The molecule has 3 aromatic rings. The summed E-state index contributed by atoms with van der Waals surface area (Å²) < 4.78 is 46.6. The van der Waals surface area contributed by atoms with E-state index in [0.717, 1.165) is 6.20 Å². The van der Waals surface area contributed by atoms with Gasteiger partial charge in [-0.25, -0.2) is 4.68 Å². The lowest BCUT2D eigenvalue weighted by molar-refractivity contribution is -0.142. The molecule has 140 valence electrons. The third kappa shape index (κ3) is 4.06. The van der Waals surface area contributed by atoms with E-state index >= 15 is 0 Å². The molecule has 0 radical (unpaired) electrons. The summed E-state index contributed by atoms with van der Waals surface area (Å²) in [5.74, 6) is -0.300. The predicted octanol–water partition coefficient (Wildman–Crippen LogP) is 4.81. The predicted molar refractivity (Wildman–Crippen MR) is 94.5 cm³/mol. The average Bonchev–Trinajstić information content (AvgIpc) is 3.06. The topological polar surface area (TPSA) is 56.1 Å². The molecule has 0 fully saturated rings. The van der Waals surface area contributed by atoms with Crippen molar-refractivity contribution in [2.75, 3.05) is 12.4 Å². The van der Waals surface area contributed by atoms with Crippen molar-refractivity contribution >= 4 is 23.2 Å². The lowest BCUT2D eigenvalue weighted by Crippen LogP contribution is -2.18. The van der Waals surface area contributed by atoms with Crippen molar-refractivity contribution in [2.24, 2.45) is 0 Å². The minimum absolute atomic E-state index is 0.154. The zero-order valence-corrected chi connectivity index (χ0v) is 14.7. The van der Waals surface area contributed by atoms with Gasteiger partial charge in [-0.05, 0) is 42.5 Å². The molecule has 0 spiro atoms. The molecule has 27 heavy (non-hydrogen) atoms. The van der Waals surface area contributed by atoms with Crippen molar-refractivity contribution in [3.8, 4) is 11.4 Å². The van der Waals surface area contributed by atoms with E-state index in [9.17, 15) is 18.0 Å². The molecule has 0 saturated carbocycles. The number of ether oxygens (including phenoxy) is 1. The fourth-order valence-electron chi connectivity index (χ4n) is 2.45. The summed E-state index contributed by atoms with van der Waals surface area (Å²) in [5.41, 5.74) is -1.23. The maximum atomic E-state index is 13.6. The van der Waals surface area contributed by atoms with Crippen LogP contribution in [0.15, 0.2) is 54.7 Å². The van der Waals surface area contributed by atoms with Crippen molar-refractivity contribution in [1.82, 2.24) is 9.78 Å². The number of anilines is 1. The minimum atomic E-state index is -4.74. The van der Waals surface area contributed by atoms with E-state index in [1.807, 2.05) is 0 Å². The third-order valence-electron chi connectivity index (χ3n) is 3.69. The second-order valence-corrected chi connectivity index (χ2v) is 5.92. The molecule has 0 aliphatic heterocycles. The molecule has 1 aromatic heterocycles. The summed E-state index contributed by atoms with van der Waals surface area (Å²) in [6.45, 7) is 0. The first-order chi connectivity index (χ1) is 12.8.